The van der Waals surface area contributed by atoms with E-state index >= 15 is 0 Å². The third kappa shape index (κ3) is 2.67. The van der Waals surface area contributed by atoms with Gasteiger partial charge in [-0.1, -0.05) is 84.1 Å². The maximum Gasteiger partial charge on any atom is 0.208 e. The highest BCUT2D eigenvalue weighted by Crippen LogP contribution is 2.34. The average Bonchev–Trinajstić information content (AvgIpc) is 3.40. The summed E-state index contributed by atoms with van der Waals surface area (Å²) in [5, 5.41) is 11.0. The fraction of sp³-hybridized carbons (Fsp3) is 0.0385. The van der Waals surface area contributed by atoms with Crippen molar-refractivity contribution in [3.63, 3.8) is 0 Å². The first-order valence-electron chi connectivity index (χ1n) is 10.2. The number of Topliss-reactive ketones (excluding diaryl/α,β-unsaturated/α-hetero) is 1. The molecule has 0 bridgehead atoms. The van der Waals surface area contributed by atoms with E-state index < -0.39 is 6.17 Å². The summed E-state index contributed by atoms with van der Waals surface area (Å²) in [4.78, 5) is 14.0. The van der Waals surface area contributed by atoms with E-state index in [2.05, 4.69) is 39.1 Å². The third-order valence-electron chi connectivity index (χ3n) is 5.76. The molecule has 1 atom stereocenters. The Hall–Kier alpha value is -4.25. The lowest BCUT2D eigenvalue weighted by atomic mass is 10.1. The lowest BCUT2D eigenvalue weighted by molar-refractivity contribution is 0.0904. The second kappa shape index (κ2) is 6.92. The lowest BCUT2D eigenvalue weighted by Gasteiger charge is -2.21. The van der Waals surface area contributed by atoms with Crippen LogP contribution in [-0.2, 0) is 0 Å². The number of carbonyl (C=O) groups is 1. The van der Waals surface area contributed by atoms with Gasteiger partial charge in [-0.05, 0) is 24.3 Å². The van der Waals surface area contributed by atoms with Gasteiger partial charge in [0.15, 0.2) is 6.17 Å². The second-order valence-corrected chi connectivity index (χ2v) is 7.53. The van der Waals surface area contributed by atoms with Gasteiger partial charge in [0.2, 0.25) is 5.78 Å². The fourth-order valence-electron chi connectivity index (χ4n) is 4.37. The molecule has 2 heterocycles. The molecule has 0 saturated carbocycles. The van der Waals surface area contributed by atoms with Crippen LogP contribution in [0.1, 0.15) is 16.5 Å². The molecule has 2 aromatic heterocycles. The summed E-state index contributed by atoms with van der Waals surface area (Å²) in [6, 6.07) is 33.5. The first-order chi connectivity index (χ1) is 15.3. The third-order valence-corrected chi connectivity index (χ3v) is 5.76. The maximum absolute atomic E-state index is 14.0. The number of hydrogen-bond acceptors (Lipinski definition) is 3. The molecule has 5 heteroatoms. The van der Waals surface area contributed by atoms with E-state index in [-0.39, 0.29) is 5.78 Å². The molecule has 0 aliphatic carbocycles. The van der Waals surface area contributed by atoms with Crippen molar-refractivity contribution in [2.75, 3.05) is 0 Å². The predicted octanol–water partition coefficient (Wildman–Crippen LogP) is 5.47. The van der Waals surface area contributed by atoms with Crippen molar-refractivity contribution in [1.82, 2.24) is 19.6 Å². The summed E-state index contributed by atoms with van der Waals surface area (Å²) in [7, 11) is 0. The monoisotopic (exact) mass is 402 g/mol. The minimum atomic E-state index is -0.709. The summed E-state index contributed by atoms with van der Waals surface area (Å²) in [5.74, 6) is -0.0391. The van der Waals surface area contributed by atoms with Crippen molar-refractivity contribution >= 4 is 38.6 Å². The van der Waals surface area contributed by atoms with E-state index in [1.54, 1.807) is 4.68 Å². The quantitative estimate of drug-likeness (QED) is 0.368. The Morgan fingerprint density at radius 2 is 1.19 bits per heavy atom. The van der Waals surface area contributed by atoms with Crippen LogP contribution in [0.4, 0.5) is 0 Å². The molecule has 0 aliphatic heterocycles. The van der Waals surface area contributed by atoms with Gasteiger partial charge in [-0.15, -0.1) is 5.10 Å². The Labute approximate surface area is 178 Å². The number of para-hydroxylation sites is 3. The molecule has 0 amide bonds. The minimum absolute atomic E-state index is 0.0391. The van der Waals surface area contributed by atoms with Crippen LogP contribution >= 0.6 is 0 Å². The molecule has 5 nitrogen and oxygen atoms in total. The highest BCUT2D eigenvalue weighted by molar-refractivity contribution is 6.10. The van der Waals surface area contributed by atoms with Crippen molar-refractivity contribution in [2.45, 2.75) is 6.17 Å². The van der Waals surface area contributed by atoms with Crippen molar-refractivity contribution in [1.29, 1.82) is 0 Å². The highest BCUT2D eigenvalue weighted by Gasteiger charge is 2.29. The van der Waals surface area contributed by atoms with Gasteiger partial charge in [0.25, 0.3) is 0 Å². The van der Waals surface area contributed by atoms with Crippen molar-refractivity contribution in [3.05, 3.63) is 109 Å². The predicted molar refractivity (Wildman–Crippen MR) is 122 cm³/mol. The van der Waals surface area contributed by atoms with Gasteiger partial charge < -0.3 is 4.57 Å². The Balaban J connectivity index is 1.72. The molecule has 0 N–H and O–H groups in total. The van der Waals surface area contributed by atoms with Gasteiger partial charge in [-0.25, -0.2) is 4.68 Å². The zero-order chi connectivity index (χ0) is 20.8. The van der Waals surface area contributed by atoms with E-state index in [4.69, 9.17) is 0 Å². The van der Waals surface area contributed by atoms with Crippen LogP contribution in [0.25, 0.3) is 32.8 Å². The number of aromatic nitrogens is 4. The average molecular weight is 402 g/mol. The van der Waals surface area contributed by atoms with E-state index in [0.717, 1.165) is 32.8 Å². The Morgan fingerprint density at radius 1 is 0.645 bits per heavy atom. The van der Waals surface area contributed by atoms with Crippen molar-refractivity contribution < 1.29 is 4.79 Å². The summed E-state index contributed by atoms with van der Waals surface area (Å²) < 4.78 is 3.82. The molecule has 0 aliphatic rings. The smallest absolute Gasteiger partial charge is 0.208 e. The first-order valence-corrected chi connectivity index (χ1v) is 10.2. The number of fused-ring (bicyclic) bond motifs is 4. The number of ketones is 1. The number of benzene rings is 4. The van der Waals surface area contributed by atoms with E-state index in [1.165, 1.54) is 0 Å². The molecule has 6 rings (SSSR count). The summed E-state index contributed by atoms with van der Waals surface area (Å²) in [5.41, 5.74) is 4.18. The number of nitrogens with zero attached hydrogens (tertiary/aromatic N) is 4. The van der Waals surface area contributed by atoms with Crippen LogP contribution < -0.4 is 0 Å². The van der Waals surface area contributed by atoms with Gasteiger partial charge in [0.1, 0.15) is 5.52 Å². The molecule has 0 spiro atoms. The largest absolute Gasteiger partial charge is 0.311 e. The van der Waals surface area contributed by atoms with Gasteiger partial charge >= 0.3 is 0 Å². The van der Waals surface area contributed by atoms with Gasteiger partial charge in [0, 0.05) is 16.3 Å². The molecule has 1 unspecified atom stereocenters. The molecular weight excluding hydrogens is 384 g/mol. The molecule has 0 fully saturated rings. The zero-order valence-corrected chi connectivity index (χ0v) is 16.6. The topological polar surface area (TPSA) is 52.7 Å². The number of carbonyl (C=O) groups excluding carboxylic acids is 1. The lowest BCUT2D eigenvalue weighted by Crippen LogP contribution is -2.28. The number of rotatable bonds is 4. The van der Waals surface area contributed by atoms with Gasteiger partial charge in [-0.3, -0.25) is 4.79 Å². The SMILES string of the molecule is O=C(c1ccccc1)C(n1nnc2ccccc21)n1c2ccccc2c2ccccc21. The molecule has 6 aromatic rings. The highest BCUT2D eigenvalue weighted by atomic mass is 16.1. The molecule has 31 heavy (non-hydrogen) atoms. The van der Waals surface area contributed by atoms with Crippen LogP contribution in [0.5, 0.6) is 0 Å². The van der Waals surface area contributed by atoms with Crippen molar-refractivity contribution in [3.8, 4) is 0 Å². The molecule has 4 aromatic carbocycles. The van der Waals surface area contributed by atoms with E-state index in [9.17, 15) is 4.79 Å². The maximum atomic E-state index is 14.0. The van der Waals surface area contributed by atoms with Gasteiger partial charge in [-0.2, -0.15) is 0 Å². The van der Waals surface area contributed by atoms with Crippen molar-refractivity contribution in [2.24, 2.45) is 0 Å². The summed E-state index contributed by atoms with van der Waals surface area (Å²) >= 11 is 0. The normalized spacial score (nSPS) is 12.5. The minimum Gasteiger partial charge on any atom is -0.311 e. The molecule has 0 radical (unpaired) electrons. The second-order valence-electron chi connectivity index (χ2n) is 7.53. The van der Waals surface area contributed by atoms with Crippen LogP contribution in [0.3, 0.4) is 0 Å². The Bertz CT molecular complexity index is 1510. The Morgan fingerprint density at radius 3 is 1.87 bits per heavy atom. The van der Waals surface area contributed by atoms with Crippen LogP contribution in [0.2, 0.25) is 0 Å². The molecular formula is C26H18N4O. The number of hydrogen-bond donors (Lipinski definition) is 0. The van der Waals surface area contributed by atoms with E-state index in [1.807, 2.05) is 78.9 Å². The van der Waals surface area contributed by atoms with Crippen LogP contribution in [0.15, 0.2) is 103 Å². The standard InChI is InChI=1S/C26H18N4O/c31-25(18-10-2-1-3-11-18)26(30-24-17-9-6-14-21(24)27-28-30)29-22-15-7-4-12-19(22)20-13-5-8-16-23(20)29/h1-17,26H. The molecule has 148 valence electrons. The van der Waals surface area contributed by atoms with Crippen LogP contribution in [0, 0.1) is 0 Å². The first kappa shape index (κ1) is 17.6. The zero-order valence-electron chi connectivity index (χ0n) is 16.6. The summed E-state index contributed by atoms with van der Waals surface area (Å²) in [6.45, 7) is 0. The Kier molecular flexibility index (Phi) is 3.93. The fourth-order valence-corrected chi connectivity index (χ4v) is 4.37. The summed E-state index contributed by atoms with van der Waals surface area (Å²) in [6.07, 6.45) is -0.709. The van der Waals surface area contributed by atoms with Crippen LogP contribution in [-0.4, -0.2) is 25.3 Å². The van der Waals surface area contributed by atoms with Gasteiger partial charge in [0.05, 0.1) is 16.6 Å². The molecule has 0 saturated heterocycles. The van der Waals surface area contributed by atoms with E-state index in [0.29, 0.717) is 5.56 Å².